The van der Waals surface area contributed by atoms with Crippen LogP contribution in [0.2, 0.25) is 0 Å². The van der Waals surface area contributed by atoms with Crippen molar-refractivity contribution in [3.05, 3.63) is 345 Å². The van der Waals surface area contributed by atoms with E-state index < -0.39 is 0 Å². The van der Waals surface area contributed by atoms with Gasteiger partial charge >= 0.3 is 0 Å². The first kappa shape index (κ1) is 59.5. The van der Waals surface area contributed by atoms with Crippen molar-refractivity contribution in [2.24, 2.45) is 0 Å². The summed E-state index contributed by atoms with van der Waals surface area (Å²) in [6.45, 7) is 2.09. The number of nitrogens with zero attached hydrogens (tertiary/aromatic N) is 7. The standard InChI is InChI=1S/C92H64BN7/c1-2-3-22-61-35-48-82-77(53-61)78-55-71(41-50-83(78)100(82)84-49-36-62(60-94)54-79(84)92-96-90(69-31-18-8-19-32-69)95-91(97-92)70-33-20-9-21-34-70)74-58-87-89-88(59-74)99(76-46-39-68(40-47-76)64-25-12-5-13-26-64)86-52-43-73(66-29-16-7-17-30-66)57-81(86)93(89)80-56-72(65-27-14-6-15-28-65)42-51-85(80)98(87)75-44-37-67(38-45-75)63-23-10-4-11-24-63/h4-21,23-59H,2-3,22H2,1H3. The second-order valence-electron chi connectivity index (χ2n) is 26.0. The second kappa shape index (κ2) is 25.2. The van der Waals surface area contributed by atoms with E-state index in [2.05, 4.69) is 288 Å². The van der Waals surface area contributed by atoms with Crippen LogP contribution >= 0.6 is 0 Å². The zero-order valence-electron chi connectivity index (χ0n) is 55.1. The number of aryl methyl sites for hydroxylation is 1. The molecule has 2 aliphatic rings. The van der Waals surface area contributed by atoms with E-state index in [1.54, 1.807) is 0 Å². The Balaban J connectivity index is 0.895. The Bertz CT molecular complexity index is 5560. The first-order valence-corrected chi connectivity index (χ1v) is 34.5. The Morgan fingerprint density at radius 2 is 0.720 bits per heavy atom. The molecule has 0 unspecified atom stereocenters. The van der Waals surface area contributed by atoms with Gasteiger partial charge in [-0.25, -0.2) is 15.0 Å². The number of rotatable bonds is 14. The first-order chi connectivity index (χ1) is 49.5. The van der Waals surface area contributed by atoms with Gasteiger partial charge in [-0.05, 0) is 181 Å². The van der Waals surface area contributed by atoms with Crippen LogP contribution in [0.25, 0.3) is 117 Å². The lowest BCUT2D eigenvalue weighted by Crippen LogP contribution is -2.61. The lowest BCUT2D eigenvalue weighted by Gasteiger charge is -2.44. The summed E-state index contributed by atoms with van der Waals surface area (Å²) in [6, 6.07) is 123. The molecule has 0 saturated heterocycles. The van der Waals surface area contributed by atoms with Crippen LogP contribution in [-0.4, -0.2) is 26.2 Å². The summed E-state index contributed by atoms with van der Waals surface area (Å²) in [5.41, 5.74) is 29.0. The fourth-order valence-corrected chi connectivity index (χ4v) is 15.2. The number of unbranched alkanes of at least 4 members (excludes halogenated alkanes) is 1. The van der Waals surface area contributed by atoms with E-state index in [0.29, 0.717) is 23.0 Å². The average molecular weight is 1280 g/mol. The molecule has 2 aliphatic heterocycles. The summed E-state index contributed by atoms with van der Waals surface area (Å²) in [4.78, 5) is 20.7. The molecule has 0 N–H and O–H groups in total. The Kier molecular flexibility index (Phi) is 15.0. The third kappa shape index (κ3) is 10.6. The molecule has 8 heteroatoms. The number of fused-ring (bicyclic) bond motifs is 7. The maximum Gasteiger partial charge on any atom is 0.252 e. The van der Waals surface area contributed by atoms with E-state index in [0.717, 1.165) is 120 Å². The Morgan fingerprint density at radius 1 is 0.330 bits per heavy atom. The summed E-state index contributed by atoms with van der Waals surface area (Å²) in [5, 5.41) is 12.9. The molecule has 14 aromatic carbocycles. The molecule has 0 spiro atoms. The summed E-state index contributed by atoms with van der Waals surface area (Å²) in [5.74, 6) is 1.57. The Hall–Kier alpha value is -13.0. The van der Waals surface area contributed by atoms with Crippen molar-refractivity contribution >= 4 is 79.0 Å². The van der Waals surface area contributed by atoms with Crippen LogP contribution < -0.4 is 26.2 Å². The molecule has 4 heterocycles. The number of hydrogen-bond acceptors (Lipinski definition) is 6. The summed E-state index contributed by atoms with van der Waals surface area (Å²) >= 11 is 0. The van der Waals surface area contributed by atoms with Gasteiger partial charge in [-0.3, -0.25) is 0 Å². The first-order valence-electron chi connectivity index (χ1n) is 34.5. The number of hydrogen-bond donors (Lipinski definition) is 0. The third-order valence-corrected chi connectivity index (χ3v) is 20.0. The van der Waals surface area contributed by atoms with Gasteiger partial charge < -0.3 is 14.4 Å². The SMILES string of the molecule is CCCCc1ccc2c(c1)c1cc(-c3cc4c5c(c3)N(c3ccc(-c6ccccc6)cc3)c3ccc(-c6ccccc6)cc3B5c3cc(-c5ccccc5)ccc3N4c3ccc(-c4ccccc4)cc3)ccc1n2-c1ccc(C#N)cc1-c1nc(-c2ccccc2)nc(-c2ccccc2)n1. The molecule has 0 aliphatic carbocycles. The predicted molar refractivity (Wildman–Crippen MR) is 415 cm³/mol. The van der Waals surface area contributed by atoms with Crippen molar-refractivity contribution in [2.45, 2.75) is 26.2 Å². The molecule has 0 fully saturated rings. The van der Waals surface area contributed by atoms with Crippen LogP contribution in [-0.2, 0) is 6.42 Å². The van der Waals surface area contributed by atoms with E-state index in [4.69, 9.17) is 15.0 Å². The summed E-state index contributed by atoms with van der Waals surface area (Å²) < 4.78 is 2.35. The van der Waals surface area contributed by atoms with Crippen molar-refractivity contribution in [3.63, 3.8) is 0 Å². The van der Waals surface area contributed by atoms with E-state index in [-0.39, 0.29) is 6.71 Å². The molecular formula is C92H64BN7. The predicted octanol–water partition coefficient (Wildman–Crippen LogP) is 21.6. The summed E-state index contributed by atoms with van der Waals surface area (Å²) in [6.07, 6.45) is 3.12. The number of anilines is 6. The smallest absolute Gasteiger partial charge is 0.252 e. The van der Waals surface area contributed by atoms with E-state index in [1.165, 1.54) is 55.3 Å². The molecule has 0 bridgehead atoms. The molecule has 0 radical (unpaired) electrons. The molecule has 100 heavy (non-hydrogen) atoms. The fraction of sp³-hybridized carbons (Fsp3) is 0.0435. The normalized spacial score (nSPS) is 12.1. The van der Waals surface area contributed by atoms with E-state index >= 15 is 0 Å². The van der Waals surface area contributed by atoms with Crippen LogP contribution in [0.1, 0.15) is 30.9 Å². The third-order valence-electron chi connectivity index (χ3n) is 20.0. The van der Waals surface area contributed by atoms with Crippen molar-refractivity contribution in [1.29, 1.82) is 5.26 Å². The minimum absolute atomic E-state index is 0.170. The topological polar surface area (TPSA) is 73.9 Å². The maximum absolute atomic E-state index is 10.7. The van der Waals surface area contributed by atoms with Gasteiger partial charge in [0, 0.05) is 61.6 Å². The largest absolute Gasteiger partial charge is 0.311 e. The van der Waals surface area contributed by atoms with Gasteiger partial charge in [0.1, 0.15) is 0 Å². The number of aromatic nitrogens is 4. The Morgan fingerprint density at radius 3 is 1.19 bits per heavy atom. The van der Waals surface area contributed by atoms with Gasteiger partial charge in [0.15, 0.2) is 17.5 Å². The monoisotopic (exact) mass is 1280 g/mol. The van der Waals surface area contributed by atoms with Crippen molar-refractivity contribution in [1.82, 2.24) is 19.5 Å². The highest BCUT2D eigenvalue weighted by molar-refractivity contribution is 7.00. The van der Waals surface area contributed by atoms with Crippen LogP contribution in [0.3, 0.4) is 0 Å². The second-order valence-corrected chi connectivity index (χ2v) is 26.0. The molecule has 0 saturated carbocycles. The number of benzene rings is 14. The van der Waals surface area contributed by atoms with Gasteiger partial charge in [-0.1, -0.05) is 256 Å². The summed E-state index contributed by atoms with van der Waals surface area (Å²) in [7, 11) is 0. The van der Waals surface area contributed by atoms with Crippen LogP contribution in [0.15, 0.2) is 334 Å². The van der Waals surface area contributed by atoms with Gasteiger partial charge in [-0.15, -0.1) is 0 Å². The molecule has 470 valence electrons. The highest BCUT2D eigenvalue weighted by Crippen LogP contribution is 2.49. The quantitative estimate of drug-likeness (QED) is 0.101. The van der Waals surface area contributed by atoms with Crippen LogP contribution in [0.5, 0.6) is 0 Å². The maximum atomic E-state index is 10.7. The molecule has 7 nitrogen and oxygen atoms in total. The zero-order chi connectivity index (χ0) is 66.6. The van der Waals surface area contributed by atoms with Crippen molar-refractivity contribution < 1.29 is 0 Å². The minimum Gasteiger partial charge on any atom is -0.311 e. The van der Waals surface area contributed by atoms with Gasteiger partial charge in [0.25, 0.3) is 6.71 Å². The molecular weight excluding hydrogens is 1210 g/mol. The molecule has 16 aromatic rings. The van der Waals surface area contributed by atoms with Crippen LogP contribution in [0.4, 0.5) is 34.1 Å². The van der Waals surface area contributed by atoms with E-state index in [1.807, 2.05) is 72.8 Å². The fourth-order valence-electron chi connectivity index (χ4n) is 15.2. The van der Waals surface area contributed by atoms with Gasteiger partial charge in [0.05, 0.1) is 28.4 Å². The molecule has 0 amide bonds. The lowest BCUT2D eigenvalue weighted by molar-refractivity contribution is 0.796. The highest BCUT2D eigenvalue weighted by Gasteiger charge is 2.44. The average Bonchev–Trinajstić information content (AvgIpc) is 0.770. The molecule has 0 atom stereocenters. The van der Waals surface area contributed by atoms with Crippen molar-refractivity contribution in [3.8, 4) is 102 Å². The lowest BCUT2D eigenvalue weighted by atomic mass is 9.33. The van der Waals surface area contributed by atoms with E-state index in [9.17, 15) is 5.26 Å². The number of nitriles is 1. The van der Waals surface area contributed by atoms with Crippen LogP contribution in [0, 0.1) is 11.3 Å². The minimum atomic E-state index is -0.170. The van der Waals surface area contributed by atoms with Crippen molar-refractivity contribution in [2.75, 3.05) is 9.80 Å². The Labute approximate surface area is 582 Å². The highest BCUT2D eigenvalue weighted by atomic mass is 15.2. The zero-order valence-corrected chi connectivity index (χ0v) is 55.1. The molecule has 18 rings (SSSR count). The van der Waals surface area contributed by atoms with Gasteiger partial charge in [0.2, 0.25) is 0 Å². The van der Waals surface area contributed by atoms with Gasteiger partial charge in [-0.2, -0.15) is 5.26 Å². The molecule has 2 aromatic heterocycles.